The van der Waals surface area contributed by atoms with Gasteiger partial charge in [0.15, 0.2) is 30.1 Å². The van der Waals surface area contributed by atoms with Crippen molar-refractivity contribution in [3.63, 3.8) is 0 Å². The largest absolute Gasteiger partial charge is 0.457 e. The lowest BCUT2D eigenvalue weighted by molar-refractivity contribution is -0.235. The van der Waals surface area contributed by atoms with Gasteiger partial charge in [-0.1, -0.05) is 0 Å². The third kappa shape index (κ3) is 2.93. The number of carbonyl (C=O) groups is 1. The quantitative estimate of drug-likeness (QED) is 0.703. The Morgan fingerprint density at radius 3 is 2.33 bits per heavy atom. The number of ether oxygens (including phenoxy) is 6. The number of carbonyl (C=O) groups excluding carboxylic acids is 1. The second kappa shape index (κ2) is 4.89. The molecule has 1 unspecified atom stereocenters. The molecule has 3 aliphatic rings. The number of hydrogen-bond acceptors (Lipinski definition) is 7. The molecule has 21 heavy (non-hydrogen) atoms. The van der Waals surface area contributed by atoms with Crippen molar-refractivity contribution < 1.29 is 33.2 Å². The van der Waals surface area contributed by atoms with Crippen LogP contribution in [-0.2, 0) is 33.2 Å². The first-order chi connectivity index (χ1) is 9.67. The van der Waals surface area contributed by atoms with E-state index in [9.17, 15) is 4.79 Å². The summed E-state index contributed by atoms with van der Waals surface area (Å²) in [6.45, 7) is 9.00. The van der Waals surface area contributed by atoms with Gasteiger partial charge in [-0.05, 0) is 27.7 Å². The molecule has 0 aromatic carbocycles. The summed E-state index contributed by atoms with van der Waals surface area (Å²) in [5.41, 5.74) is 0. The minimum absolute atomic E-state index is 0.328. The van der Waals surface area contributed by atoms with Crippen molar-refractivity contribution in [2.75, 3.05) is 6.61 Å². The van der Waals surface area contributed by atoms with Crippen molar-refractivity contribution in [1.82, 2.24) is 0 Å². The molecule has 0 bridgehead atoms. The second-order valence-corrected chi connectivity index (χ2v) is 6.51. The fourth-order valence-electron chi connectivity index (χ4n) is 3.01. The van der Waals surface area contributed by atoms with Crippen LogP contribution in [0.2, 0.25) is 0 Å². The summed E-state index contributed by atoms with van der Waals surface area (Å²) in [5.74, 6) is -1.82. The van der Waals surface area contributed by atoms with Crippen LogP contribution in [0, 0.1) is 0 Å². The topological polar surface area (TPSA) is 72.5 Å². The molecule has 3 fully saturated rings. The third-order valence-electron chi connectivity index (χ3n) is 3.73. The first kappa shape index (κ1) is 15.2. The Morgan fingerprint density at radius 2 is 1.76 bits per heavy atom. The van der Waals surface area contributed by atoms with Gasteiger partial charge in [0, 0.05) is 6.92 Å². The lowest BCUT2D eigenvalue weighted by Gasteiger charge is -2.28. The van der Waals surface area contributed by atoms with Crippen molar-refractivity contribution >= 4 is 5.97 Å². The van der Waals surface area contributed by atoms with Gasteiger partial charge in [0.05, 0.1) is 6.61 Å². The molecule has 0 amide bonds. The van der Waals surface area contributed by atoms with Gasteiger partial charge >= 0.3 is 5.97 Å². The van der Waals surface area contributed by atoms with Crippen LogP contribution in [0.1, 0.15) is 34.6 Å². The van der Waals surface area contributed by atoms with Crippen LogP contribution in [-0.4, -0.2) is 54.9 Å². The highest BCUT2D eigenvalue weighted by Crippen LogP contribution is 2.41. The average molecular weight is 302 g/mol. The summed E-state index contributed by atoms with van der Waals surface area (Å²) in [6.07, 6.45) is -2.40. The summed E-state index contributed by atoms with van der Waals surface area (Å²) in [7, 11) is 0. The molecule has 0 saturated carbocycles. The Hall–Kier alpha value is -0.730. The van der Waals surface area contributed by atoms with Gasteiger partial charge in [-0.15, -0.1) is 0 Å². The molecule has 7 heteroatoms. The number of esters is 1. The Labute approximate surface area is 123 Å². The smallest absolute Gasteiger partial charge is 0.303 e. The van der Waals surface area contributed by atoms with E-state index in [0.29, 0.717) is 6.61 Å². The molecule has 0 N–H and O–H groups in total. The molecule has 0 radical (unpaired) electrons. The van der Waals surface area contributed by atoms with Gasteiger partial charge in [0.25, 0.3) is 0 Å². The molecule has 5 atom stereocenters. The molecule has 3 rings (SSSR count). The fraction of sp³-hybridized carbons (Fsp3) is 0.929. The van der Waals surface area contributed by atoms with E-state index in [0.717, 1.165) is 0 Å². The van der Waals surface area contributed by atoms with Crippen molar-refractivity contribution in [3.05, 3.63) is 0 Å². The van der Waals surface area contributed by atoms with Crippen LogP contribution >= 0.6 is 0 Å². The molecule has 3 heterocycles. The third-order valence-corrected chi connectivity index (χ3v) is 3.73. The SMILES string of the molecule is CC(=O)O[C@H]1[C@H]2OC(C)(C)O[C@H]2O[C@H]1C1COC(C)(C)O1. The van der Waals surface area contributed by atoms with E-state index in [2.05, 4.69) is 0 Å². The first-order valence-electron chi connectivity index (χ1n) is 7.17. The second-order valence-electron chi connectivity index (χ2n) is 6.51. The zero-order valence-electron chi connectivity index (χ0n) is 13.0. The number of rotatable bonds is 2. The maximum absolute atomic E-state index is 11.4. The van der Waals surface area contributed by atoms with E-state index in [1.807, 2.05) is 13.8 Å². The average Bonchev–Trinajstić information content (AvgIpc) is 2.90. The Kier molecular flexibility index (Phi) is 3.53. The molecule has 3 saturated heterocycles. The van der Waals surface area contributed by atoms with E-state index < -0.39 is 36.2 Å². The highest BCUT2D eigenvalue weighted by molar-refractivity contribution is 5.66. The van der Waals surface area contributed by atoms with Crippen LogP contribution in [0.15, 0.2) is 0 Å². The zero-order chi connectivity index (χ0) is 15.4. The van der Waals surface area contributed by atoms with E-state index >= 15 is 0 Å². The standard InChI is InChI=1S/C14H22O7/c1-7(15)17-10-9(8-6-16-13(2,3)19-8)18-12-11(10)20-14(4,5)21-12/h8-12H,6H2,1-5H3/t8?,9-,10+,11+,12+/m0/s1. The van der Waals surface area contributed by atoms with Crippen LogP contribution in [0.5, 0.6) is 0 Å². The lowest BCUT2D eigenvalue weighted by atomic mass is 10.1. The van der Waals surface area contributed by atoms with E-state index in [1.54, 1.807) is 13.8 Å². The molecule has 3 aliphatic heterocycles. The van der Waals surface area contributed by atoms with Crippen LogP contribution in [0.3, 0.4) is 0 Å². The van der Waals surface area contributed by atoms with E-state index in [-0.39, 0.29) is 12.1 Å². The van der Waals surface area contributed by atoms with Gasteiger partial charge in [0.1, 0.15) is 12.2 Å². The maximum Gasteiger partial charge on any atom is 0.303 e. The molecule has 7 nitrogen and oxygen atoms in total. The van der Waals surface area contributed by atoms with Crippen molar-refractivity contribution in [2.45, 2.75) is 76.9 Å². The fourth-order valence-corrected chi connectivity index (χ4v) is 3.01. The summed E-state index contributed by atoms with van der Waals surface area (Å²) in [6, 6.07) is 0. The van der Waals surface area contributed by atoms with Crippen molar-refractivity contribution in [2.24, 2.45) is 0 Å². The van der Waals surface area contributed by atoms with Crippen molar-refractivity contribution in [1.29, 1.82) is 0 Å². The van der Waals surface area contributed by atoms with Gasteiger partial charge in [-0.3, -0.25) is 4.79 Å². The van der Waals surface area contributed by atoms with E-state index in [4.69, 9.17) is 28.4 Å². The Bertz CT molecular complexity index is 433. The summed E-state index contributed by atoms with van der Waals surface area (Å²) < 4.78 is 34.2. The monoisotopic (exact) mass is 302 g/mol. The molecule has 0 aromatic heterocycles. The van der Waals surface area contributed by atoms with Crippen molar-refractivity contribution in [3.8, 4) is 0 Å². The highest BCUT2D eigenvalue weighted by Gasteiger charge is 2.59. The predicted molar refractivity (Wildman–Crippen MR) is 69.2 cm³/mol. The summed E-state index contributed by atoms with van der Waals surface area (Å²) in [5, 5.41) is 0. The minimum Gasteiger partial charge on any atom is -0.457 e. The molecular weight excluding hydrogens is 280 g/mol. The van der Waals surface area contributed by atoms with Crippen LogP contribution < -0.4 is 0 Å². The zero-order valence-corrected chi connectivity index (χ0v) is 13.0. The first-order valence-corrected chi connectivity index (χ1v) is 7.17. The Morgan fingerprint density at radius 1 is 1.05 bits per heavy atom. The molecule has 120 valence electrons. The summed E-state index contributed by atoms with van der Waals surface area (Å²) in [4.78, 5) is 11.4. The van der Waals surface area contributed by atoms with Gasteiger partial charge in [-0.2, -0.15) is 0 Å². The molecule has 0 aromatic rings. The van der Waals surface area contributed by atoms with Gasteiger partial charge in [0.2, 0.25) is 0 Å². The lowest BCUT2D eigenvalue weighted by Crippen LogP contribution is -2.44. The number of fused-ring (bicyclic) bond motifs is 1. The van der Waals surface area contributed by atoms with Gasteiger partial charge < -0.3 is 28.4 Å². The normalized spacial score (nSPS) is 43.8. The predicted octanol–water partition coefficient (Wildman–Crippen LogP) is 0.946. The van der Waals surface area contributed by atoms with E-state index in [1.165, 1.54) is 6.92 Å². The van der Waals surface area contributed by atoms with Crippen LogP contribution in [0.4, 0.5) is 0 Å². The minimum atomic E-state index is -0.759. The van der Waals surface area contributed by atoms with Gasteiger partial charge in [-0.25, -0.2) is 0 Å². The summed E-state index contributed by atoms with van der Waals surface area (Å²) >= 11 is 0. The molecular formula is C14H22O7. The molecule has 0 aliphatic carbocycles. The Balaban J connectivity index is 1.77. The highest BCUT2D eigenvalue weighted by atomic mass is 16.8. The molecule has 0 spiro atoms. The van der Waals surface area contributed by atoms with Crippen LogP contribution in [0.25, 0.3) is 0 Å². The number of hydrogen-bond donors (Lipinski definition) is 0. The maximum atomic E-state index is 11.4.